The number of nitrogen functional groups attached to an aromatic ring is 1. The number of hydrogen-bond acceptors (Lipinski definition) is 5. The Labute approximate surface area is 122 Å². The van der Waals surface area contributed by atoms with E-state index >= 15 is 0 Å². The Morgan fingerprint density at radius 3 is 2.76 bits per heavy atom. The first-order chi connectivity index (χ1) is 9.78. The van der Waals surface area contributed by atoms with Crippen molar-refractivity contribution in [2.24, 2.45) is 4.40 Å². The fraction of sp³-hybridized carbons (Fsp3) is 0.250. The first-order valence-corrected chi connectivity index (χ1v) is 7.52. The second kappa shape index (κ2) is 5.52. The Morgan fingerprint density at radius 1 is 1.43 bits per heavy atom. The monoisotopic (exact) mass is 309 g/mol. The minimum absolute atomic E-state index is 0.0159. The number of anilines is 2. The summed E-state index contributed by atoms with van der Waals surface area (Å²) in [5.41, 5.74) is 7.26. The molecular weight excluding hydrogens is 294 g/mol. The summed E-state index contributed by atoms with van der Waals surface area (Å²) in [5, 5.41) is 2.63. The number of allylic oxidation sites excluding steroid dienone is 1. The number of nitrogens with two attached hydrogens (primary N) is 1. The van der Waals surface area contributed by atoms with Gasteiger partial charge in [-0.25, -0.2) is 4.98 Å². The van der Waals surface area contributed by atoms with Crippen molar-refractivity contribution in [2.45, 2.75) is 20.3 Å². The third kappa shape index (κ3) is 3.57. The summed E-state index contributed by atoms with van der Waals surface area (Å²) in [6, 6.07) is 3.28. The van der Waals surface area contributed by atoms with E-state index in [4.69, 9.17) is 5.73 Å². The van der Waals surface area contributed by atoms with Gasteiger partial charge in [-0.3, -0.25) is 9.52 Å². The summed E-state index contributed by atoms with van der Waals surface area (Å²) < 4.78 is 28.6. The maximum absolute atomic E-state index is 12.0. The number of hydrogen-bond donors (Lipinski definition) is 3. The van der Waals surface area contributed by atoms with Crippen molar-refractivity contribution < 1.29 is 13.2 Å². The molecule has 0 atom stereocenters. The van der Waals surface area contributed by atoms with Gasteiger partial charge >= 0.3 is 10.2 Å². The first kappa shape index (κ1) is 15.0. The van der Waals surface area contributed by atoms with Crippen molar-refractivity contribution in [3.05, 3.63) is 29.6 Å². The van der Waals surface area contributed by atoms with Crippen LogP contribution in [0.5, 0.6) is 0 Å². The third-order valence-electron chi connectivity index (χ3n) is 2.88. The van der Waals surface area contributed by atoms with Crippen molar-refractivity contribution in [1.82, 2.24) is 9.71 Å². The van der Waals surface area contributed by atoms with E-state index in [2.05, 4.69) is 19.4 Å². The van der Waals surface area contributed by atoms with Crippen LogP contribution in [0.4, 0.5) is 11.5 Å². The normalized spacial score (nSPS) is 17.0. The van der Waals surface area contributed by atoms with Gasteiger partial charge in [-0.05, 0) is 26.0 Å². The van der Waals surface area contributed by atoms with Gasteiger partial charge in [-0.2, -0.15) is 8.42 Å². The number of aromatic nitrogens is 1. The van der Waals surface area contributed by atoms with Crippen molar-refractivity contribution in [3.63, 3.8) is 0 Å². The molecule has 0 aliphatic carbocycles. The Kier molecular flexibility index (Phi) is 3.94. The molecule has 1 aliphatic heterocycles. The number of nitrogens with one attached hydrogen (secondary N) is 2. The van der Waals surface area contributed by atoms with Crippen LogP contribution in [0.2, 0.25) is 0 Å². The van der Waals surface area contributed by atoms with Crippen LogP contribution in [-0.4, -0.2) is 25.0 Å². The molecule has 4 N–H and O–H groups in total. The van der Waals surface area contributed by atoms with Gasteiger partial charge in [-0.1, -0.05) is 0 Å². The lowest BCUT2D eigenvalue weighted by Gasteiger charge is -2.17. The third-order valence-corrected chi connectivity index (χ3v) is 3.96. The molecule has 1 aromatic heterocycles. The summed E-state index contributed by atoms with van der Waals surface area (Å²) in [7, 11) is -3.70. The Hall–Kier alpha value is -2.42. The average molecular weight is 309 g/mol. The molecule has 1 aliphatic rings. The minimum atomic E-state index is -3.70. The molecule has 0 spiro atoms. The number of pyridine rings is 1. The van der Waals surface area contributed by atoms with Gasteiger partial charge in [-0.15, -0.1) is 4.40 Å². The Bertz CT molecular complexity index is 752. The number of carbonyl (C=O) groups is 1. The molecule has 0 saturated carbocycles. The molecule has 2 rings (SSSR count). The highest BCUT2D eigenvalue weighted by molar-refractivity contribution is 7.88. The zero-order valence-electron chi connectivity index (χ0n) is 11.5. The number of carbonyl (C=O) groups excluding carboxylic acids is 1. The van der Waals surface area contributed by atoms with Crippen LogP contribution in [0.15, 0.2) is 34.0 Å². The molecule has 1 amide bonds. The zero-order chi connectivity index (χ0) is 15.6. The maximum atomic E-state index is 12.0. The predicted octanol–water partition coefficient (Wildman–Crippen LogP) is 0.575. The van der Waals surface area contributed by atoms with E-state index in [0.29, 0.717) is 22.7 Å². The fourth-order valence-electron chi connectivity index (χ4n) is 1.92. The molecule has 0 unspecified atom stereocenters. The molecule has 112 valence electrons. The van der Waals surface area contributed by atoms with Gasteiger partial charge in [0.2, 0.25) is 5.91 Å². The molecule has 0 fully saturated rings. The van der Waals surface area contributed by atoms with Gasteiger partial charge < -0.3 is 11.1 Å². The summed E-state index contributed by atoms with van der Waals surface area (Å²) in [4.78, 5) is 15.9. The van der Waals surface area contributed by atoms with E-state index in [1.807, 2.05) is 0 Å². The van der Waals surface area contributed by atoms with Gasteiger partial charge in [0, 0.05) is 17.5 Å². The highest BCUT2D eigenvalue weighted by atomic mass is 32.2. The average Bonchev–Trinajstić information content (AvgIpc) is 2.35. The molecule has 0 radical (unpaired) electrons. The Morgan fingerprint density at radius 2 is 2.14 bits per heavy atom. The molecule has 0 saturated heterocycles. The van der Waals surface area contributed by atoms with E-state index in [1.54, 1.807) is 26.0 Å². The molecule has 1 aromatic rings. The van der Waals surface area contributed by atoms with E-state index in [-0.39, 0.29) is 18.1 Å². The molecule has 2 heterocycles. The minimum Gasteiger partial charge on any atom is -0.382 e. The van der Waals surface area contributed by atoms with Gasteiger partial charge in [0.15, 0.2) is 0 Å². The fourth-order valence-corrected chi connectivity index (χ4v) is 2.95. The van der Waals surface area contributed by atoms with E-state index in [1.165, 1.54) is 6.20 Å². The first-order valence-electron chi connectivity index (χ1n) is 6.08. The molecule has 21 heavy (non-hydrogen) atoms. The van der Waals surface area contributed by atoms with Crippen molar-refractivity contribution in [2.75, 3.05) is 11.1 Å². The highest BCUT2D eigenvalue weighted by Gasteiger charge is 2.22. The predicted molar refractivity (Wildman–Crippen MR) is 79.8 cm³/mol. The highest BCUT2D eigenvalue weighted by Crippen LogP contribution is 2.19. The lowest BCUT2D eigenvalue weighted by Crippen LogP contribution is -2.29. The second-order valence-electron chi connectivity index (χ2n) is 4.52. The van der Waals surface area contributed by atoms with Crippen molar-refractivity contribution in [3.8, 4) is 0 Å². The van der Waals surface area contributed by atoms with E-state index in [0.717, 1.165) is 0 Å². The lowest BCUT2D eigenvalue weighted by molar-refractivity contribution is -0.115. The van der Waals surface area contributed by atoms with Crippen LogP contribution in [-0.2, 0) is 15.0 Å². The summed E-state index contributed by atoms with van der Waals surface area (Å²) in [6.45, 7) is 3.12. The number of nitrogens with zero attached hydrogens (tertiary/aromatic N) is 2. The van der Waals surface area contributed by atoms with Crippen LogP contribution in [0.1, 0.15) is 20.3 Å². The topological polar surface area (TPSA) is 127 Å². The van der Waals surface area contributed by atoms with Crippen LogP contribution in [0, 0.1) is 0 Å². The van der Waals surface area contributed by atoms with Gasteiger partial charge in [0.1, 0.15) is 5.82 Å². The lowest BCUT2D eigenvalue weighted by atomic mass is 10.1. The van der Waals surface area contributed by atoms with Crippen LogP contribution in [0.25, 0.3) is 0 Å². The SMILES string of the molecule is CC1=NS(=O)(=O)NC(C)=C1CC(=O)Nc1cccnc1N. The maximum Gasteiger partial charge on any atom is 0.342 e. The van der Waals surface area contributed by atoms with Crippen LogP contribution < -0.4 is 15.8 Å². The molecular formula is C12H15N5O3S. The quantitative estimate of drug-likeness (QED) is 0.752. The second-order valence-corrected chi connectivity index (χ2v) is 5.86. The molecule has 9 heteroatoms. The van der Waals surface area contributed by atoms with E-state index < -0.39 is 10.2 Å². The summed E-state index contributed by atoms with van der Waals surface area (Å²) >= 11 is 0. The van der Waals surface area contributed by atoms with Crippen LogP contribution in [0.3, 0.4) is 0 Å². The summed E-state index contributed by atoms with van der Waals surface area (Å²) in [6.07, 6.45) is 1.50. The zero-order valence-corrected chi connectivity index (χ0v) is 12.4. The molecule has 0 aromatic carbocycles. The van der Waals surface area contributed by atoms with E-state index in [9.17, 15) is 13.2 Å². The summed E-state index contributed by atoms with van der Waals surface area (Å²) in [5.74, 6) is -0.119. The standard InChI is InChI=1S/C12H15N5O3S/c1-7-9(8(2)17-21(19,20)16-7)6-11(18)15-10-4-3-5-14-12(10)13/h3-5,16H,6H2,1-2H3,(H2,13,14)(H,15,18). The Balaban J connectivity index is 2.14. The van der Waals surface area contributed by atoms with Gasteiger partial charge in [0.25, 0.3) is 0 Å². The number of rotatable bonds is 3. The molecule has 8 nitrogen and oxygen atoms in total. The van der Waals surface area contributed by atoms with Crippen LogP contribution >= 0.6 is 0 Å². The van der Waals surface area contributed by atoms with Crippen molar-refractivity contribution >= 4 is 33.3 Å². The smallest absolute Gasteiger partial charge is 0.342 e. The molecule has 0 bridgehead atoms. The largest absolute Gasteiger partial charge is 0.382 e. The van der Waals surface area contributed by atoms with Gasteiger partial charge in [0.05, 0.1) is 17.8 Å². The van der Waals surface area contributed by atoms with Crippen molar-refractivity contribution in [1.29, 1.82) is 0 Å². The number of amides is 1.